The molecule has 1 aromatic rings. The Kier molecular flexibility index (Phi) is 3.96. The maximum absolute atomic E-state index is 12.0. The maximum atomic E-state index is 12.0. The third-order valence-corrected chi connectivity index (χ3v) is 4.17. The molecule has 1 aliphatic rings. The molecule has 1 fully saturated rings. The number of carboxylic acid groups (broad SMARTS) is 1. The Hall–Kier alpha value is -1.43. The van der Waals surface area contributed by atoms with Gasteiger partial charge in [0.2, 0.25) is 5.91 Å². The van der Waals surface area contributed by atoms with Gasteiger partial charge in [0.05, 0.1) is 23.0 Å². The van der Waals surface area contributed by atoms with Crippen LogP contribution in [0, 0.1) is 5.92 Å². The standard InChI is InChI=1S/C12H16N2O3S/c1-2-10-13-9(7-18-10)5-11(15)14-4-3-8(6-14)12(16)17/h7-8H,2-6H2,1H3,(H,16,17). The van der Waals surface area contributed by atoms with E-state index in [1.165, 1.54) is 0 Å². The molecule has 0 aliphatic carbocycles. The predicted molar refractivity (Wildman–Crippen MR) is 67.5 cm³/mol. The second-order valence-corrected chi connectivity index (χ2v) is 5.37. The number of carbonyl (C=O) groups excluding carboxylic acids is 1. The first kappa shape index (κ1) is 13.0. The number of amides is 1. The number of carbonyl (C=O) groups is 2. The van der Waals surface area contributed by atoms with E-state index < -0.39 is 11.9 Å². The zero-order valence-corrected chi connectivity index (χ0v) is 11.1. The average molecular weight is 268 g/mol. The van der Waals surface area contributed by atoms with Crippen molar-refractivity contribution in [2.75, 3.05) is 13.1 Å². The van der Waals surface area contributed by atoms with Crippen molar-refractivity contribution in [3.8, 4) is 0 Å². The van der Waals surface area contributed by atoms with Gasteiger partial charge in [-0.2, -0.15) is 0 Å². The summed E-state index contributed by atoms with van der Waals surface area (Å²) in [5.41, 5.74) is 0.792. The van der Waals surface area contributed by atoms with Crippen LogP contribution in [0.4, 0.5) is 0 Å². The van der Waals surface area contributed by atoms with Crippen molar-refractivity contribution in [3.05, 3.63) is 16.1 Å². The molecule has 2 heterocycles. The zero-order valence-electron chi connectivity index (χ0n) is 10.3. The van der Waals surface area contributed by atoms with Crippen molar-refractivity contribution in [3.63, 3.8) is 0 Å². The summed E-state index contributed by atoms with van der Waals surface area (Å²) in [4.78, 5) is 28.8. The Morgan fingerprint density at radius 2 is 2.39 bits per heavy atom. The van der Waals surface area contributed by atoms with Crippen LogP contribution in [-0.4, -0.2) is 40.0 Å². The molecule has 98 valence electrons. The molecule has 1 amide bonds. The van der Waals surface area contributed by atoms with Crippen LogP contribution in [0.25, 0.3) is 0 Å². The van der Waals surface area contributed by atoms with Gasteiger partial charge in [-0.05, 0) is 12.8 Å². The summed E-state index contributed by atoms with van der Waals surface area (Å²) in [5, 5.41) is 11.8. The van der Waals surface area contributed by atoms with Crippen LogP contribution >= 0.6 is 11.3 Å². The predicted octanol–water partition coefficient (Wildman–Crippen LogP) is 1.18. The number of hydrogen-bond acceptors (Lipinski definition) is 4. The van der Waals surface area contributed by atoms with E-state index in [9.17, 15) is 9.59 Å². The highest BCUT2D eigenvalue weighted by molar-refractivity contribution is 7.09. The van der Waals surface area contributed by atoms with Gasteiger partial charge in [0, 0.05) is 18.5 Å². The van der Waals surface area contributed by atoms with Gasteiger partial charge in [0.25, 0.3) is 0 Å². The summed E-state index contributed by atoms with van der Waals surface area (Å²) < 4.78 is 0. The van der Waals surface area contributed by atoms with Gasteiger partial charge in [-0.15, -0.1) is 11.3 Å². The van der Waals surface area contributed by atoms with Crippen LogP contribution in [0.5, 0.6) is 0 Å². The van der Waals surface area contributed by atoms with E-state index in [4.69, 9.17) is 5.11 Å². The van der Waals surface area contributed by atoms with E-state index in [-0.39, 0.29) is 12.3 Å². The second kappa shape index (κ2) is 5.48. The van der Waals surface area contributed by atoms with Crippen molar-refractivity contribution < 1.29 is 14.7 Å². The van der Waals surface area contributed by atoms with Crippen LogP contribution in [0.3, 0.4) is 0 Å². The molecule has 1 aromatic heterocycles. The SMILES string of the molecule is CCc1nc(CC(=O)N2CCC(C(=O)O)C2)cs1. The Balaban J connectivity index is 1.91. The third kappa shape index (κ3) is 2.87. The van der Waals surface area contributed by atoms with Crippen LogP contribution in [0.15, 0.2) is 5.38 Å². The molecule has 0 radical (unpaired) electrons. The van der Waals surface area contributed by atoms with E-state index in [2.05, 4.69) is 4.98 Å². The Labute approximate surface area is 109 Å². The first-order valence-electron chi connectivity index (χ1n) is 6.04. The number of thiazole rings is 1. The average Bonchev–Trinajstić information content (AvgIpc) is 2.97. The van der Waals surface area contributed by atoms with E-state index >= 15 is 0 Å². The zero-order chi connectivity index (χ0) is 13.1. The number of rotatable bonds is 4. The van der Waals surface area contributed by atoms with Crippen LogP contribution in [0.2, 0.25) is 0 Å². The van der Waals surface area contributed by atoms with Gasteiger partial charge in [-0.25, -0.2) is 4.98 Å². The fourth-order valence-electron chi connectivity index (χ4n) is 2.05. The van der Waals surface area contributed by atoms with E-state index in [0.717, 1.165) is 17.1 Å². The van der Waals surface area contributed by atoms with Crippen LogP contribution < -0.4 is 0 Å². The summed E-state index contributed by atoms with van der Waals surface area (Å²) in [6.45, 7) is 2.90. The summed E-state index contributed by atoms with van der Waals surface area (Å²) in [6.07, 6.45) is 1.71. The summed E-state index contributed by atoms with van der Waals surface area (Å²) in [6, 6.07) is 0. The topological polar surface area (TPSA) is 70.5 Å². The third-order valence-electron chi connectivity index (χ3n) is 3.12. The molecule has 1 unspecified atom stereocenters. The minimum Gasteiger partial charge on any atom is -0.481 e. The Morgan fingerprint density at radius 1 is 1.61 bits per heavy atom. The molecule has 0 aromatic carbocycles. The highest BCUT2D eigenvalue weighted by Gasteiger charge is 2.30. The lowest BCUT2D eigenvalue weighted by Crippen LogP contribution is -2.31. The first-order valence-corrected chi connectivity index (χ1v) is 6.92. The fourth-order valence-corrected chi connectivity index (χ4v) is 2.79. The molecule has 0 spiro atoms. The molecule has 0 saturated carbocycles. The molecular weight excluding hydrogens is 252 g/mol. The summed E-state index contributed by atoms with van der Waals surface area (Å²) in [5.74, 6) is -1.24. The van der Waals surface area contributed by atoms with Crippen molar-refractivity contribution in [2.24, 2.45) is 5.92 Å². The Bertz CT molecular complexity index is 458. The van der Waals surface area contributed by atoms with Crippen molar-refractivity contribution in [1.29, 1.82) is 0 Å². The van der Waals surface area contributed by atoms with E-state index in [1.54, 1.807) is 16.2 Å². The lowest BCUT2D eigenvalue weighted by molar-refractivity contribution is -0.141. The molecule has 6 heteroatoms. The fraction of sp³-hybridized carbons (Fsp3) is 0.583. The summed E-state index contributed by atoms with van der Waals surface area (Å²) >= 11 is 1.56. The number of aromatic nitrogens is 1. The van der Waals surface area contributed by atoms with Gasteiger partial charge < -0.3 is 10.0 Å². The Morgan fingerprint density at radius 3 is 2.94 bits per heavy atom. The van der Waals surface area contributed by atoms with E-state index in [1.807, 2.05) is 12.3 Å². The first-order chi connectivity index (χ1) is 8.60. The molecule has 1 atom stereocenters. The largest absolute Gasteiger partial charge is 0.481 e. The molecule has 1 aliphatic heterocycles. The highest BCUT2D eigenvalue weighted by Crippen LogP contribution is 2.18. The van der Waals surface area contributed by atoms with Crippen molar-refractivity contribution >= 4 is 23.2 Å². The number of hydrogen-bond donors (Lipinski definition) is 1. The van der Waals surface area contributed by atoms with Gasteiger partial charge in [-0.3, -0.25) is 9.59 Å². The van der Waals surface area contributed by atoms with Gasteiger partial charge >= 0.3 is 5.97 Å². The number of carboxylic acids is 1. The lowest BCUT2D eigenvalue weighted by atomic mass is 10.1. The number of nitrogens with zero attached hydrogens (tertiary/aromatic N) is 2. The highest BCUT2D eigenvalue weighted by atomic mass is 32.1. The van der Waals surface area contributed by atoms with Crippen molar-refractivity contribution in [2.45, 2.75) is 26.2 Å². The molecule has 1 N–H and O–H groups in total. The van der Waals surface area contributed by atoms with Crippen LogP contribution in [0.1, 0.15) is 24.0 Å². The normalized spacial score (nSPS) is 19.2. The minimum absolute atomic E-state index is 0.0216. The molecule has 1 saturated heterocycles. The van der Waals surface area contributed by atoms with Gasteiger partial charge in [0.15, 0.2) is 0 Å². The molecule has 2 rings (SSSR count). The van der Waals surface area contributed by atoms with Crippen LogP contribution in [-0.2, 0) is 22.4 Å². The van der Waals surface area contributed by atoms with Crippen molar-refractivity contribution in [1.82, 2.24) is 9.88 Å². The van der Waals surface area contributed by atoms with Gasteiger partial charge in [0.1, 0.15) is 0 Å². The summed E-state index contributed by atoms with van der Waals surface area (Å²) in [7, 11) is 0. The molecular formula is C12H16N2O3S. The monoisotopic (exact) mass is 268 g/mol. The lowest BCUT2D eigenvalue weighted by Gasteiger charge is -2.14. The number of aliphatic carboxylic acids is 1. The molecule has 18 heavy (non-hydrogen) atoms. The molecule has 5 nitrogen and oxygen atoms in total. The van der Waals surface area contributed by atoms with Gasteiger partial charge in [-0.1, -0.05) is 6.92 Å². The molecule has 0 bridgehead atoms. The minimum atomic E-state index is -0.813. The smallest absolute Gasteiger partial charge is 0.308 e. The second-order valence-electron chi connectivity index (χ2n) is 4.43. The number of aryl methyl sites for hydroxylation is 1. The quantitative estimate of drug-likeness (QED) is 0.890. The number of likely N-dealkylation sites (tertiary alicyclic amines) is 1. The van der Waals surface area contributed by atoms with E-state index in [0.29, 0.717) is 19.5 Å². The maximum Gasteiger partial charge on any atom is 0.308 e.